The molecule has 0 atom stereocenters. The Bertz CT molecular complexity index is 262. The summed E-state index contributed by atoms with van der Waals surface area (Å²) in [6.45, 7) is 4.84. The fraction of sp³-hybridized carbons (Fsp3) is 0.933. The third-order valence-corrected chi connectivity index (χ3v) is 4.30. The maximum Gasteiger partial charge on any atom is 0.236 e. The molecule has 112 valence electrons. The van der Waals surface area contributed by atoms with Crippen LogP contribution in [0.15, 0.2) is 0 Å². The van der Waals surface area contributed by atoms with E-state index in [-0.39, 0.29) is 5.91 Å². The van der Waals surface area contributed by atoms with Crippen molar-refractivity contribution in [1.29, 1.82) is 0 Å². The van der Waals surface area contributed by atoms with E-state index in [0.29, 0.717) is 12.6 Å². The molecule has 0 aliphatic heterocycles. The van der Waals surface area contributed by atoms with Crippen molar-refractivity contribution < 1.29 is 4.79 Å². The van der Waals surface area contributed by atoms with E-state index < -0.39 is 0 Å². The van der Waals surface area contributed by atoms with Gasteiger partial charge >= 0.3 is 0 Å². The summed E-state index contributed by atoms with van der Waals surface area (Å²) in [6.07, 6.45) is 5.96. The van der Waals surface area contributed by atoms with Crippen LogP contribution in [0.3, 0.4) is 0 Å². The van der Waals surface area contributed by atoms with Crippen LogP contribution >= 0.6 is 0 Å². The minimum Gasteiger partial charge on any atom is -0.342 e. The normalized spacial score (nSPS) is 23.6. The molecule has 4 nitrogen and oxygen atoms in total. The second kappa shape index (κ2) is 8.54. The van der Waals surface area contributed by atoms with E-state index in [1.807, 2.05) is 26.0 Å². The van der Waals surface area contributed by atoms with Crippen molar-refractivity contribution in [2.45, 2.75) is 45.1 Å². The molecule has 1 N–H and O–H groups in total. The van der Waals surface area contributed by atoms with Crippen molar-refractivity contribution in [2.24, 2.45) is 5.92 Å². The topological polar surface area (TPSA) is 35.6 Å². The first-order chi connectivity index (χ1) is 9.04. The molecule has 1 rings (SSSR count). The van der Waals surface area contributed by atoms with Gasteiger partial charge in [0, 0.05) is 13.1 Å². The van der Waals surface area contributed by atoms with Gasteiger partial charge in [0.1, 0.15) is 0 Å². The van der Waals surface area contributed by atoms with E-state index >= 15 is 0 Å². The van der Waals surface area contributed by atoms with Gasteiger partial charge in [0.25, 0.3) is 0 Å². The molecular formula is C15H31N3O. The summed E-state index contributed by atoms with van der Waals surface area (Å²) < 4.78 is 0. The lowest BCUT2D eigenvalue weighted by Crippen LogP contribution is -2.44. The zero-order valence-corrected chi connectivity index (χ0v) is 13.1. The van der Waals surface area contributed by atoms with E-state index in [4.69, 9.17) is 0 Å². The minimum absolute atomic E-state index is 0.270. The lowest BCUT2D eigenvalue weighted by Gasteiger charge is -2.34. The van der Waals surface area contributed by atoms with Gasteiger partial charge < -0.3 is 10.2 Å². The molecule has 0 aromatic heterocycles. The smallest absolute Gasteiger partial charge is 0.236 e. The molecule has 0 heterocycles. The summed E-state index contributed by atoms with van der Waals surface area (Å²) in [7, 11) is 5.97. The van der Waals surface area contributed by atoms with Gasteiger partial charge in [-0.1, -0.05) is 6.92 Å². The van der Waals surface area contributed by atoms with Crippen molar-refractivity contribution in [2.75, 3.05) is 40.8 Å². The fourth-order valence-electron chi connectivity index (χ4n) is 2.78. The second-order valence-corrected chi connectivity index (χ2v) is 6.11. The predicted octanol–water partition coefficient (Wildman–Crippen LogP) is 1.56. The molecule has 1 aliphatic carbocycles. The summed E-state index contributed by atoms with van der Waals surface area (Å²) in [5.41, 5.74) is 0. The van der Waals surface area contributed by atoms with Crippen molar-refractivity contribution in [3.05, 3.63) is 0 Å². The minimum atomic E-state index is 0.270. The standard InChI is InChI=1S/C15H31N3O/c1-13-6-8-14(9-7-13)18(4)15(19)12-17(3)11-5-10-16-2/h13-14,16H,5-12H2,1-4H3. The Morgan fingerprint density at radius 3 is 2.42 bits per heavy atom. The number of carbonyl (C=O) groups is 1. The van der Waals surface area contributed by atoms with Crippen LogP contribution in [0.2, 0.25) is 0 Å². The molecule has 0 unspecified atom stereocenters. The average molecular weight is 269 g/mol. The van der Waals surface area contributed by atoms with Crippen LogP contribution in [0.4, 0.5) is 0 Å². The van der Waals surface area contributed by atoms with Gasteiger partial charge in [0.15, 0.2) is 0 Å². The number of carbonyl (C=O) groups excluding carboxylic acids is 1. The van der Waals surface area contributed by atoms with Crippen LogP contribution in [0, 0.1) is 5.92 Å². The number of nitrogens with zero attached hydrogens (tertiary/aromatic N) is 2. The fourth-order valence-corrected chi connectivity index (χ4v) is 2.78. The number of hydrogen-bond donors (Lipinski definition) is 1. The number of likely N-dealkylation sites (N-methyl/N-ethyl adjacent to an activating group) is 2. The number of hydrogen-bond acceptors (Lipinski definition) is 3. The summed E-state index contributed by atoms with van der Waals surface area (Å²) in [6, 6.07) is 0.467. The molecule has 1 saturated carbocycles. The van der Waals surface area contributed by atoms with Crippen LogP contribution in [0.25, 0.3) is 0 Å². The lowest BCUT2D eigenvalue weighted by atomic mass is 9.87. The summed E-state index contributed by atoms with van der Waals surface area (Å²) >= 11 is 0. The van der Waals surface area contributed by atoms with E-state index in [2.05, 4.69) is 17.1 Å². The average Bonchev–Trinajstić information content (AvgIpc) is 2.39. The first kappa shape index (κ1) is 16.4. The quantitative estimate of drug-likeness (QED) is 0.713. The molecule has 4 heteroatoms. The van der Waals surface area contributed by atoms with Gasteiger partial charge in [0.2, 0.25) is 5.91 Å². The molecular weight excluding hydrogens is 238 g/mol. The van der Waals surface area contributed by atoms with Gasteiger partial charge in [-0.15, -0.1) is 0 Å². The highest BCUT2D eigenvalue weighted by Gasteiger charge is 2.24. The Hall–Kier alpha value is -0.610. The maximum atomic E-state index is 12.2. The van der Waals surface area contributed by atoms with Gasteiger partial charge in [-0.2, -0.15) is 0 Å². The predicted molar refractivity (Wildman–Crippen MR) is 80.2 cm³/mol. The molecule has 0 aromatic rings. The van der Waals surface area contributed by atoms with Crippen molar-refractivity contribution in [1.82, 2.24) is 15.1 Å². The molecule has 1 aliphatic rings. The summed E-state index contributed by atoms with van der Waals surface area (Å²) in [5.74, 6) is 1.11. The lowest BCUT2D eigenvalue weighted by molar-refractivity contribution is -0.133. The SMILES string of the molecule is CNCCCN(C)CC(=O)N(C)C1CCC(C)CC1. The van der Waals surface area contributed by atoms with Crippen LogP contribution < -0.4 is 5.32 Å². The van der Waals surface area contributed by atoms with Crippen LogP contribution in [0.5, 0.6) is 0 Å². The molecule has 1 fully saturated rings. The zero-order valence-electron chi connectivity index (χ0n) is 13.1. The van der Waals surface area contributed by atoms with E-state index in [9.17, 15) is 4.79 Å². The zero-order chi connectivity index (χ0) is 14.3. The highest BCUT2D eigenvalue weighted by molar-refractivity contribution is 5.78. The molecule has 0 radical (unpaired) electrons. The summed E-state index contributed by atoms with van der Waals surface area (Å²) in [4.78, 5) is 16.3. The number of nitrogens with one attached hydrogen (secondary N) is 1. The molecule has 0 spiro atoms. The molecule has 0 saturated heterocycles. The Kier molecular flexibility index (Phi) is 7.39. The van der Waals surface area contributed by atoms with Crippen LogP contribution in [-0.4, -0.2) is 62.5 Å². The van der Waals surface area contributed by atoms with Crippen molar-refractivity contribution >= 4 is 5.91 Å². The third-order valence-electron chi connectivity index (χ3n) is 4.30. The van der Waals surface area contributed by atoms with Gasteiger partial charge in [-0.3, -0.25) is 9.69 Å². The monoisotopic (exact) mass is 269 g/mol. The molecule has 19 heavy (non-hydrogen) atoms. The molecule has 0 aromatic carbocycles. The largest absolute Gasteiger partial charge is 0.342 e. The van der Waals surface area contributed by atoms with E-state index in [1.54, 1.807) is 0 Å². The number of rotatable bonds is 7. The van der Waals surface area contributed by atoms with Crippen molar-refractivity contribution in [3.63, 3.8) is 0 Å². The number of amides is 1. The Labute approximate surface area is 118 Å². The first-order valence-electron chi connectivity index (χ1n) is 7.63. The maximum absolute atomic E-state index is 12.2. The second-order valence-electron chi connectivity index (χ2n) is 6.11. The van der Waals surface area contributed by atoms with E-state index in [1.165, 1.54) is 25.7 Å². The Balaban J connectivity index is 2.27. The Morgan fingerprint density at radius 2 is 1.84 bits per heavy atom. The highest BCUT2D eigenvalue weighted by Crippen LogP contribution is 2.26. The first-order valence-corrected chi connectivity index (χ1v) is 7.63. The van der Waals surface area contributed by atoms with Gasteiger partial charge in [0.05, 0.1) is 6.54 Å². The van der Waals surface area contributed by atoms with Crippen LogP contribution in [0.1, 0.15) is 39.0 Å². The van der Waals surface area contributed by atoms with Gasteiger partial charge in [-0.05, 0) is 65.2 Å². The van der Waals surface area contributed by atoms with Crippen molar-refractivity contribution in [3.8, 4) is 0 Å². The van der Waals surface area contributed by atoms with Crippen LogP contribution in [-0.2, 0) is 4.79 Å². The Morgan fingerprint density at radius 1 is 1.21 bits per heavy atom. The third kappa shape index (κ3) is 5.91. The van der Waals surface area contributed by atoms with E-state index in [0.717, 1.165) is 25.4 Å². The summed E-state index contributed by atoms with van der Waals surface area (Å²) in [5, 5.41) is 3.13. The molecule has 0 bridgehead atoms. The molecule has 1 amide bonds. The van der Waals surface area contributed by atoms with Gasteiger partial charge in [-0.25, -0.2) is 0 Å². The highest BCUT2D eigenvalue weighted by atomic mass is 16.2.